The normalized spacial score (nSPS) is 10.9. The first kappa shape index (κ1) is 17.6. The highest BCUT2D eigenvalue weighted by atomic mass is 79.9. The van der Waals surface area contributed by atoms with E-state index >= 15 is 0 Å². The van der Waals surface area contributed by atoms with Gasteiger partial charge in [0, 0.05) is 6.54 Å². The highest BCUT2D eigenvalue weighted by Crippen LogP contribution is 2.06. The third-order valence-corrected chi connectivity index (χ3v) is 3.78. The van der Waals surface area contributed by atoms with Crippen LogP contribution in [0.2, 0.25) is 0 Å². The Kier molecular flexibility index (Phi) is 9.27. The zero-order chi connectivity index (χ0) is 12.6. The van der Waals surface area contributed by atoms with E-state index in [2.05, 4.69) is 17.0 Å². The first-order valence-electron chi connectivity index (χ1n) is 5.92. The minimum Gasteiger partial charge on any atom is -0.317 e. The van der Waals surface area contributed by atoms with Gasteiger partial charge in [-0.2, -0.15) is 0 Å². The van der Waals surface area contributed by atoms with Crippen molar-refractivity contribution in [3.05, 3.63) is 30.3 Å². The fraction of sp³-hybridized carbons (Fsp3) is 0.500. The van der Waals surface area contributed by atoms with E-state index in [9.17, 15) is 8.42 Å². The molecule has 0 radical (unpaired) electrons. The van der Waals surface area contributed by atoms with Crippen molar-refractivity contribution in [2.75, 3.05) is 19.6 Å². The Balaban J connectivity index is 0.00000289. The van der Waals surface area contributed by atoms with Crippen LogP contribution in [0.3, 0.4) is 0 Å². The van der Waals surface area contributed by atoms with E-state index in [0.717, 1.165) is 25.9 Å². The van der Waals surface area contributed by atoms with Crippen molar-refractivity contribution in [1.29, 1.82) is 0 Å². The van der Waals surface area contributed by atoms with Crippen LogP contribution in [-0.4, -0.2) is 28.1 Å². The summed E-state index contributed by atoms with van der Waals surface area (Å²) < 4.78 is 26.2. The number of halogens is 1. The van der Waals surface area contributed by atoms with Crippen molar-refractivity contribution in [3.8, 4) is 0 Å². The highest BCUT2D eigenvalue weighted by molar-refractivity contribution is 8.93. The monoisotopic (exact) mass is 336 g/mol. The Morgan fingerprint density at radius 3 is 2.33 bits per heavy atom. The molecule has 0 aliphatic carbocycles. The Morgan fingerprint density at radius 1 is 1.06 bits per heavy atom. The van der Waals surface area contributed by atoms with Gasteiger partial charge in [0.25, 0.3) is 0 Å². The minimum atomic E-state index is -3.33. The summed E-state index contributed by atoms with van der Waals surface area (Å²) >= 11 is 0. The number of hydrogen-bond donors (Lipinski definition) is 2. The zero-order valence-corrected chi connectivity index (χ0v) is 13.1. The van der Waals surface area contributed by atoms with Crippen molar-refractivity contribution in [3.63, 3.8) is 0 Å². The summed E-state index contributed by atoms with van der Waals surface area (Å²) in [6, 6.07) is 8.43. The predicted molar refractivity (Wildman–Crippen MR) is 79.7 cm³/mol. The van der Waals surface area contributed by atoms with Crippen molar-refractivity contribution in [2.24, 2.45) is 0 Å². The summed E-state index contributed by atoms with van der Waals surface area (Å²) in [5.74, 6) is 0. The van der Waals surface area contributed by atoms with Crippen molar-refractivity contribution in [2.45, 2.75) is 24.7 Å². The number of nitrogens with one attached hydrogen (secondary N) is 2. The molecule has 0 atom stereocenters. The number of benzene rings is 1. The Hall–Kier alpha value is -0.430. The van der Waals surface area contributed by atoms with Crippen LogP contribution in [0.1, 0.15) is 19.8 Å². The van der Waals surface area contributed by atoms with Gasteiger partial charge in [-0.1, -0.05) is 25.1 Å². The first-order chi connectivity index (χ1) is 8.17. The molecule has 0 heterocycles. The average Bonchev–Trinajstić information content (AvgIpc) is 2.35. The second-order valence-corrected chi connectivity index (χ2v) is 5.58. The molecular formula is C12H21BrN2O2S. The molecule has 6 heteroatoms. The molecule has 0 bridgehead atoms. The van der Waals surface area contributed by atoms with Gasteiger partial charge in [0.15, 0.2) is 0 Å². The molecule has 1 aromatic rings. The van der Waals surface area contributed by atoms with Crippen molar-refractivity contribution < 1.29 is 8.42 Å². The van der Waals surface area contributed by atoms with Gasteiger partial charge in [-0.05, 0) is 38.1 Å². The molecule has 0 aliphatic rings. The Labute approximate surface area is 120 Å². The van der Waals surface area contributed by atoms with Crippen molar-refractivity contribution in [1.82, 2.24) is 10.0 Å². The molecule has 0 aromatic heterocycles. The maximum absolute atomic E-state index is 11.8. The number of rotatable bonds is 8. The molecular weight excluding hydrogens is 316 g/mol. The van der Waals surface area contributed by atoms with Crippen LogP contribution in [0.4, 0.5) is 0 Å². The van der Waals surface area contributed by atoms with Crippen molar-refractivity contribution >= 4 is 27.0 Å². The van der Waals surface area contributed by atoms with Crippen LogP contribution in [-0.2, 0) is 10.0 Å². The lowest BCUT2D eigenvalue weighted by Gasteiger charge is -2.06. The second kappa shape index (κ2) is 9.49. The van der Waals surface area contributed by atoms with E-state index in [0.29, 0.717) is 11.4 Å². The lowest BCUT2D eigenvalue weighted by Crippen LogP contribution is -2.27. The SMILES string of the molecule is Br.CCCNCCCNS(=O)(=O)c1ccccc1. The molecule has 0 fully saturated rings. The largest absolute Gasteiger partial charge is 0.317 e. The molecule has 1 aromatic carbocycles. The van der Waals surface area contributed by atoms with Gasteiger partial charge >= 0.3 is 0 Å². The van der Waals surface area contributed by atoms with Crippen LogP contribution in [0.15, 0.2) is 35.2 Å². The van der Waals surface area contributed by atoms with Crippen LogP contribution >= 0.6 is 17.0 Å². The van der Waals surface area contributed by atoms with E-state index < -0.39 is 10.0 Å². The quantitative estimate of drug-likeness (QED) is 0.713. The standard InChI is InChI=1S/C12H20N2O2S.BrH/c1-2-9-13-10-6-11-14-17(15,16)12-7-4-3-5-8-12;/h3-5,7-8,13-14H,2,6,9-11H2,1H3;1H. The summed E-state index contributed by atoms with van der Waals surface area (Å²) in [6.45, 7) is 4.38. The summed E-state index contributed by atoms with van der Waals surface area (Å²) in [4.78, 5) is 0.321. The van der Waals surface area contributed by atoms with Gasteiger partial charge in [-0.15, -0.1) is 17.0 Å². The third kappa shape index (κ3) is 6.49. The highest BCUT2D eigenvalue weighted by Gasteiger charge is 2.11. The topological polar surface area (TPSA) is 58.2 Å². The van der Waals surface area contributed by atoms with Crippen LogP contribution in [0.5, 0.6) is 0 Å². The number of sulfonamides is 1. The van der Waals surface area contributed by atoms with E-state index in [-0.39, 0.29) is 17.0 Å². The average molecular weight is 337 g/mol. The molecule has 104 valence electrons. The molecule has 0 aliphatic heterocycles. The molecule has 0 unspecified atom stereocenters. The van der Waals surface area contributed by atoms with E-state index in [1.54, 1.807) is 30.3 Å². The van der Waals surface area contributed by atoms with E-state index in [1.807, 2.05) is 0 Å². The first-order valence-corrected chi connectivity index (χ1v) is 7.40. The van der Waals surface area contributed by atoms with Crippen LogP contribution in [0, 0.1) is 0 Å². The smallest absolute Gasteiger partial charge is 0.240 e. The van der Waals surface area contributed by atoms with Crippen LogP contribution < -0.4 is 10.0 Å². The predicted octanol–water partition coefficient (Wildman–Crippen LogP) is 1.93. The lowest BCUT2D eigenvalue weighted by atomic mass is 10.4. The molecule has 0 saturated carbocycles. The summed E-state index contributed by atoms with van der Waals surface area (Å²) in [5.41, 5.74) is 0. The summed E-state index contributed by atoms with van der Waals surface area (Å²) in [7, 11) is -3.33. The maximum atomic E-state index is 11.8. The van der Waals surface area contributed by atoms with Gasteiger partial charge in [0.1, 0.15) is 0 Å². The van der Waals surface area contributed by atoms with Gasteiger partial charge in [0.05, 0.1) is 4.90 Å². The fourth-order valence-corrected chi connectivity index (χ4v) is 2.50. The van der Waals surface area contributed by atoms with Gasteiger partial charge in [-0.3, -0.25) is 0 Å². The fourth-order valence-electron chi connectivity index (χ4n) is 1.40. The van der Waals surface area contributed by atoms with Crippen LogP contribution in [0.25, 0.3) is 0 Å². The molecule has 18 heavy (non-hydrogen) atoms. The van der Waals surface area contributed by atoms with Gasteiger partial charge in [-0.25, -0.2) is 13.1 Å². The molecule has 4 nitrogen and oxygen atoms in total. The van der Waals surface area contributed by atoms with E-state index in [1.165, 1.54) is 0 Å². The van der Waals surface area contributed by atoms with E-state index in [4.69, 9.17) is 0 Å². The van der Waals surface area contributed by atoms with Gasteiger partial charge in [0.2, 0.25) is 10.0 Å². The molecule has 2 N–H and O–H groups in total. The molecule has 0 amide bonds. The number of hydrogen-bond acceptors (Lipinski definition) is 3. The molecule has 0 spiro atoms. The Bertz CT molecular complexity index is 409. The van der Waals surface area contributed by atoms with Gasteiger partial charge < -0.3 is 5.32 Å². The Morgan fingerprint density at radius 2 is 1.72 bits per heavy atom. The summed E-state index contributed by atoms with van der Waals surface area (Å²) in [5, 5.41) is 3.23. The zero-order valence-electron chi connectivity index (χ0n) is 10.6. The lowest BCUT2D eigenvalue weighted by molar-refractivity contribution is 0.573. The second-order valence-electron chi connectivity index (χ2n) is 3.81. The molecule has 1 rings (SSSR count). The summed E-state index contributed by atoms with van der Waals surface area (Å²) in [6.07, 6.45) is 1.89. The minimum absolute atomic E-state index is 0. The molecule has 0 saturated heterocycles. The maximum Gasteiger partial charge on any atom is 0.240 e. The third-order valence-electron chi connectivity index (χ3n) is 2.30.